The predicted octanol–water partition coefficient (Wildman–Crippen LogP) is 2.83. The van der Waals surface area contributed by atoms with Crippen LogP contribution in [0.2, 0.25) is 0 Å². The lowest BCUT2D eigenvalue weighted by Crippen LogP contribution is -2.01. The van der Waals surface area contributed by atoms with E-state index in [4.69, 9.17) is 11.6 Å². The third kappa shape index (κ3) is 2.94. The van der Waals surface area contributed by atoms with Crippen molar-refractivity contribution in [3.05, 3.63) is 54.0 Å². The van der Waals surface area contributed by atoms with Crippen LogP contribution in [0.15, 0.2) is 42.9 Å². The van der Waals surface area contributed by atoms with E-state index in [-0.39, 0.29) is 0 Å². The molecule has 2 aromatic rings. The smallest absolute Gasteiger partial charge is 0.129 e. The zero-order valence-corrected chi connectivity index (χ0v) is 9.48. The Morgan fingerprint density at radius 1 is 1.06 bits per heavy atom. The van der Waals surface area contributed by atoms with Gasteiger partial charge in [-0.1, -0.05) is 24.3 Å². The van der Waals surface area contributed by atoms with Gasteiger partial charge in [-0.05, 0) is 17.2 Å². The molecular formula is C12H12ClN3. The lowest BCUT2D eigenvalue weighted by Gasteiger charge is -2.05. The molecule has 0 saturated carbocycles. The first kappa shape index (κ1) is 10.9. The zero-order chi connectivity index (χ0) is 11.2. The van der Waals surface area contributed by atoms with Gasteiger partial charge < -0.3 is 5.32 Å². The summed E-state index contributed by atoms with van der Waals surface area (Å²) in [7, 11) is 0. The maximum atomic E-state index is 5.72. The Bertz CT molecular complexity index is 428. The van der Waals surface area contributed by atoms with Crippen molar-refractivity contribution in [2.45, 2.75) is 12.4 Å². The molecule has 0 atom stereocenters. The van der Waals surface area contributed by atoms with Gasteiger partial charge in [0, 0.05) is 18.6 Å². The third-order valence-corrected chi connectivity index (χ3v) is 2.54. The number of anilines is 1. The maximum Gasteiger partial charge on any atom is 0.129 e. The molecule has 0 fully saturated rings. The molecule has 1 aromatic carbocycles. The number of hydrogen-bond donors (Lipinski definition) is 1. The Kier molecular flexibility index (Phi) is 3.72. The second kappa shape index (κ2) is 5.47. The molecule has 1 N–H and O–H groups in total. The van der Waals surface area contributed by atoms with Gasteiger partial charge in [0.25, 0.3) is 0 Å². The van der Waals surface area contributed by atoms with Crippen LogP contribution in [0.5, 0.6) is 0 Å². The molecule has 0 unspecified atom stereocenters. The van der Waals surface area contributed by atoms with E-state index in [0.717, 1.165) is 17.9 Å². The fraction of sp³-hybridized carbons (Fsp3) is 0.167. The van der Waals surface area contributed by atoms with Crippen LogP contribution in [0.1, 0.15) is 11.1 Å². The van der Waals surface area contributed by atoms with Crippen LogP contribution >= 0.6 is 11.6 Å². The summed E-state index contributed by atoms with van der Waals surface area (Å²) in [6.07, 6.45) is 3.24. The summed E-state index contributed by atoms with van der Waals surface area (Å²) >= 11 is 5.72. The number of alkyl halides is 1. The SMILES string of the molecule is ClCc1ccc(CNc2ccncn2)cc1. The topological polar surface area (TPSA) is 37.8 Å². The highest BCUT2D eigenvalue weighted by Crippen LogP contribution is 2.08. The summed E-state index contributed by atoms with van der Waals surface area (Å²) in [4.78, 5) is 7.94. The van der Waals surface area contributed by atoms with Crippen molar-refractivity contribution in [1.29, 1.82) is 0 Å². The molecule has 4 heteroatoms. The Labute approximate surface area is 99.5 Å². The Morgan fingerprint density at radius 3 is 2.44 bits per heavy atom. The molecule has 16 heavy (non-hydrogen) atoms. The molecule has 1 heterocycles. The van der Waals surface area contributed by atoms with Crippen molar-refractivity contribution < 1.29 is 0 Å². The van der Waals surface area contributed by atoms with Crippen LogP contribution in [0, 0.1) is 0 Å². The Morgan fingerprint density at radius 2 is 1.81 bits per heavy atom. The normalized spacial score (nSPS) is 10.1. The number of hydrogen-bond acceptors (Lipinski definition) is 3. The molecule has 2 rings (SSSR count). The number of nitrogens with zero attached hydrogens (tertiary/aromatic N) is 2. The van der Waals surface area contributed by atoms with Crippen LogP contribution in [-0.2, 0) is 12.4 Å². The average Bonchev–Trinajstić information content (AvgIpc) is 2.38. The van der Waals surface area contributed by atoms with Gasteiger partial charge in [0.15, 0.2) is 0 Å². The van der Waals surface area contributed by atoms with Crippen molar-refractivity contribution in [2.24, 2.45) is 0 Å². The zero-order valence-electron chi connectivity index (χ0n) is 8.73. The van der Waals surface area contributed by atoms with Crippen molar-refractivity contribution in [2.75, 3.05) is 5.32 Å². The molecular weight excluding hydrogens is 222 g/mol. The summed E-state index contributed by atoms with van der Waals surface area (Å²) < 4.78 is 0. The van der Waals surface area contributed by atoms with Crippen molar-refractivity contribution in [3.63, 3.8) is 0 Å². The first-order valence-electron chi connectivity index (χ1n) is 5.02. The molecule has 0 aliphatic rings. The average molecular weight is 234 g/mol. The van der Waals surface area contributed by atoms with E-state index in [1.165, 1.54) is 11.9 Å². The van der Waals surface area contributed by atoms with E-state index in [0.29, 0.717) is 5.88 Å². The van der Waals surface area contributed by atoms with Crippen LogP contribution in [-0.4, -0.2) is 9.97 Å². The lowest BCUT2D eigenvalue weighted by molar-refractivity contribution is 1.08. The third-order valence-electron chi connectivity index (χ3n) is 2.23. The number of rotatable bonds is 4. The summed E-state index contributed by atoms with van der Waals surface area (Å²) in [5.41, 5.74) is 2.33. The first-order valence-corrected chi connectivity index (χ1v) is 5.55. The van der Waals surface area contributed by atoms with Gasteiger partial charge >= 0.3 is 0 Å². The van der Waals surface area contributed by atoms with Crippen LogP contribution in [0.3, 0.4) is 0 Å². The number of aromatic nitrogens is 2. The molecule has 3 nitrogen and oxygen atoms in total. The highest BCUT2D eigenvalue weighted by atomic mass is 35.5. The summed E-state index contributed by atoms with van der Waals surface area (Å²) in [5.74, 6) is 1.39. The van der Waals surface area contributed by atoms with E-state index in [1.807, 2.05) is 18.2 Å². The predicted molar refractivity (Wildman–Crippen MR) is 65.4 cm³/mol. The molecule has 0 aliphatic heterocycles. The van der Waals surface area contributed by atoms with E-state index in [1.54, 1.807) is 6.20 Å². The van der Waals surface area contributed by atoms with Gasteiger partial charge in [0.05, 0.1) is 0 Å². The van der Waals surface area contributed by atoms with Gasteiger partial charge in [-0.25, -0.2) is 9.97 Å². The second-order valence-corrected chi connectivity index (χ2v) is 3.67. The van der Waals surface area contributed by atoms with Crippen LogP contribution in [0.25, 0.3) is 0 Å². The minimum Gasteiger partial charge on any atom is -0.366 e. The fourth-order valence-electron chi connectivity index (χ4n) is 1.33. The molecule has 82 valence electrons. The summed E-state index contributed by atoms with van der Waals surface area (Å²) in [5, 5.41) is 3.21. The van der Waals surface area contributed by atoms with Gasteiger partial charge in [0.1, 0.15) is 12.1 Å². The highest BCUT2D eigenvalue weighted by Gasteiger charge is 1.95. The molecule has 0 aliphatic carbocycles. The minimum atomic E-state index is 0.555. The van der Waals surface area contributed by atoms with E-state index in [2.05, 4.69) is 27.4 Å². The van der Waals surface area contributed by atoms with Crippen LogP contribution in [0.4, 0.5) is 5.82 Å². The summed E-state index contributed by atoms with van der Waals surface area (Å²) in [6, 6.07) is 10.0. The highest BCUT2D eigenvalue weighted by molar-refractivity contribution is 6.17. The quantitative estimate of drug-likeness (QED) is 0.826. The summed E-state index contributed by atoms with van der Waals surface area (Å²) in [6.45, 7) is 0.750. The van der Waals surface area contributed by atoms with Crippen molar-refractivity contribution >= 4 is 17.4 Å². The largest absolute Gasteiger partial charge is 0.366 e. The van der Waals surface area contributed by atoms with Gasteiger partial charge in [-0.2, -0.15) is 0 Å². The minimum absolute atomic E-state index is 0.555. The standard InChI is InChI=1S/C12H12ClN3/c13-7-10-1-3-11(4-2-10)8-15-12-5-6-14-9-16-12/h1-6,9H,7-8H2,(H,14,15,16). The molecule has 1 aromatic heterocycles. The second-order valence-electron chi connectivity index (χ2n) is 3.40. The molecule has 0 amide bonds. The van der Waals surface area contributed by atoms with E-state index < -0.39 is 0 Å². The molecule has 0 saturated heterocycles. The fourth-order valence-corrected chi connectivity index (χ4v) is 1.51. The lowest BCUT2D eigenvalue weighted by atomic mass is 10.1. The molecule has 0 bridgehead atoms. The first-order chi connectivity index (χ1) is 7.88. The van der Waals surface area contributed by atoms with Gasteiger partial charge in [-0.15, -0.1) is 11.6 Å². The molecule has 0 radical (unpaired) electrons. The molecule has 0 spiro atoms. The number of benzene rings is 1. The maximum absolute atomic E-state index is 5.72. The van der Waals surface area contributed by atoms with Crippen molar-refractivity contribution in [1.82, 2.24) is 9.97 Å². The van der Waals surface area contributed by atoms with Crippen molar-refractivity contribution in [3.8, 4) is 0 Å². The number of nitrogens with one attached hydrogen (secondary N) is 1. The number of halogens is 1. The monoisotopic (exact) mass is 233 g/mol. The van der Waals surface area contributed by atoms with E-state index in [9.17, 15) is 0 Å². The Hall–Kier alpha value is -1.61. The van der Waals surface area contributed by atoms with Gasteiger partial charge in [0.2, 0.25) is 0 Å². The van der Waals surface area contributed by atoms with E-state index >= 15 is 0 Å². The van der Waals surface area contributed by atoms with Crippen LogP contribution < -0.4 is 5.32 Å². The Balaban J connectivity index is 1.94. The van der Waals surface area contributed by atoms with Gasteiger partial charge in [-0.3, -0.25) is 0 Å².